The van der Waals surface area contributed by atoms with Crippen LogP contribution >= 0.6 is 0 Å². The number of rotatable bonds is 4. The zero-order valence-corrected chi connectivity index (χ0v) is 12.5. The maximum absolute atomic E-state index is 12.3. The first-order valence-corrected chi connectivity index (χ1v) is 6.83. The van der Waals surface area contributed by atoms with Crippen LogP contribution < -0.4 is 0 Å². The normalized spacial score (nSPS) is 27.2. The molecule has 5 nitrogen and oxygen atoms in total. The van der Waals surface area contributed by atoms with Crippen molar-refractivity contribution in [2.45, 2.75) is 53.2 Å². The van der Waals surface area contributed by atoms with Crippen molar-refractivity contribution in [2.75, 3.05) is 13.1 Å². The van der Waals surface area contributed by atoms with Crippen molar-refractivity contribution < 1.29 is 19.4 Å². The highest BCUT2D eigenvalue weighted by Gasteiger charge is 2.40. The lowest BCUT2D eigenvalue weighted by atomic mass is 9.76. The number of hydrogen-bond donors (Lipinski definition) is 1. The number of amides is 1. The van der Waals surface area contributed by atoms with Crippen molar-refractivity contribution in [3.63, 3.8) is 0 Å². The number of aliphatic carboxylic acids is 1. The predicted octanol–water partition coefficient (Wildman–Crippen LogP) is 1.76. The van der Waals surface area contributed by atoms with Crippen LogP contribution in [-0.2, 0) is 14.3 Å². The third kappa shape index (κ3) is 3.69. The first kappa shape index (κ1) is 16.0. The molecule has 0 spiro atoms. The summed E-state index contributed by atoms with van der Waals surface area (Å²) >= 11 is 0. The Bertz CT molecular complexity index is 345. The first-order chi connectivity index (χ1) is 8.66. The van der Waals surface area contributed by atoms with Gasteiger partial charge in [-0.2, -0.15) is 0 Å². The summed E-state index contributed by atoms with van der Waals surface area (Å²) in [5.41, 5.74) is -1.01. The molecule has 5 heteroatoms. The maximum atomic E-state index is 12.3. The number of morpholine rings is 1. The van der Waals surface area contributed by atoms with Gasteiger partial charge in [-0.1, -0.05) is 13.8 Å². The average Bonchev–Trinajstić information content (AvgIpc) is 2.26. The predicted molar refractivity (Wildman–Crippen MR) is 71.8 cm³/mol. The Hall–Kier alpha value is -1.10. The summed E-state index contributed by atoms with van der Waals surface area (Å²) in [4.78, 5) is 25.5. The molecule has 1 saturated heterocycles. The Labute approximate surface area is 114 Å². The standard InChI is InChI=1S/C14H25NO4/c1-9(2)14(5,13(17)18)6-12(16)15-7-10(3)19-11(4)8-15/h9-11H,6-8H2,1-5H3,(H,17,18)/t10-,11+,14?. The molecule has 110 valence electrons. The highest BCUT2D eigenvalue weighted by Crippen LogP contribution is 2.32. The van der Waals surface area contributed by atoms with E-state index in [2.05, 4.69) is 0 Å². The van der Waals surface area contributed by atoms with Crippen LogP contribution in [0.3, 0.4) is 0 Å². The molecule has 0 saturated carbocycles. The molecular weight excluding hydrogens is 246 g/mol. The molecule has 0 aromatic heterocycles. The van der Waals surface area contributed by atoms with Gasteiger partial charge in [-0.05, 0) is 26.7 Å². The fourth-order valence-corrected chi connectivity index (χ4v) is 2.33. The molecule has 1 heterocycles. The minimum Gasteiger partial charge on any atom is -0.481 e. The smallest absolute Gasteiger partial charge is 0.310 e. The number of carbonyl (C=O) groups excluding carboxylic acids is 1. The molecule has 3 atom stereocenters. The number of carbonyl (C=O) groups is 2. The number of nitrogens with zero attached hydrogens (tertiary/aromatic N) is 1. The van der Waals surface area contributed by atoms with Gasteiger partial charge < -0.3 is 14.7 Å². The van der Waals surface area contributed by atoms with Crippen LogP contribution in [0.4, 0.5) is 0 Å². The van der Waals surface area contributed by atoms with E-state index in [-0.39, 0.29) is 30.5 Å². The fraction of sp³-hybridized carbons (Fsp3) is 0.857. The monoisotopic (exact) mass is 271 g/mol. The highest BCUT2D eigenvalue weighted by atomic mass is 16.5. The van der Waals surface area contributed by atoms with E-state index in [0.717, 1.165) is 0 Å². The van der Waals surface area contributed by atoms with Gasteiger partial charge in [-0.3, -0.25) is 9.59 Å². The van der Waals surface area contributed by atoms with E-state index >= 15 is 0 Å². The van der Waals surface area contributed by atoms with Gasteiger partial charge in [0.15, 0.2) is 0 Å². The first-order valence-electron chi connectivity index (χ1n) is 6.83. The van der Waals surface area contributed by atoms with Crippen LogP contribution in [0.2, 0.25) is 0 Å². The minimum absolute atomic E-state index is 0.00262. The molecule has 1 amide bonds. The molecule has 0 bridgehead atoms. The van der Waals surface area contributed by atoms with Crippen molar-refractivity contribution in [3.8, 4) is 0 Å². The molecule has 0 aliphatic carbocycles. The second kappa shape index (κ2) is 5.90. The van der Waals surface area contributed by atoms with Gasteiger partial charge in [-0.15, -0.1) is 0 Å². The summed E-state index contributed by atoms with van der Waals surface area (Å²) < 4.78 is 5.58. The number of ether oxygens (including phenoxy) is 1. The van der Waals surface area contributed by atoms with Crippen molar-refractivity contribution in [3.05, 3.63) is 0 Å². The molecular formula is C14H25NO4. The van der Waals surface area contributed by atoms with Crippen LogP contribution in [0.15, 0.2) is 0 Å². The van der Waals surface area contributed by atoms with E-state index < -0.39 is 11.4 Å². The molecule has 0 aromatic rings. The van der Waals surface area contributed by atoms with Crippen LogP contribution in [0.5, 0.6) is 0 Å². The Morgan fingerprint density at radius 2 is 1.79 bits per heavy atom. The lowest BCUT2D eigenvalue weighted by Gasteiger charge is -2.37. The van der Waals surface area contributed by atoms with E-state index in [4.69, 9.17) is 4.74 Å². The van der Waals surface area contributed by atoms with Gasteiger partial charge in [0, 0.05) is 19.5 Å². The summed E-state index contributed by atoms with van der Waals surface area (Å²) in [5.74, 6) is -1.10. The van der Waals surface area contributed by atoms with Crippen molar-refractivity contribution >= 4 is 11.9 Å². The molecule has 0 radical (unpaired) electrons. The van der Waals surface area contributed by atoms with Gasteiger partial charge in [0.25, 0.3) is 0 Å². The van der Waals surface area contributed by atoms with Crippen molar-refractivity contribution in [1.29, 1.82) is 0 Å². The third-order valence-corrected chi connectivity index (χ3v) is 4.05. The Morgan fingerprint density at radius 1 is 1.32 bits per heavy atom. The highest BCUT2D eigenvalue weighted by molar-refractivity contribution is 5.85. The molecule has 1 unspecified atom stereocenters. The van der Waals surface area contributed by atoms with Gasteiger partial charge >= 0.3 is 5.97 Å². The Kier molecular flexibility index (Phi) is 4.96. The largest absolute Gasteiger partial charge is 0.481 e. The van der Waals surface area contributed by atoms with Crippen molar-refractivity contribution in [2.24, 2.45) is 11.3 Å². The molecule has 1 aliphatic heterocycles. The van der Waals surface area contributed by atoms with Gasteiger partial charge in [0.05, 0.1) is 17.6 Å². The van der Waals surface area contributed by atoms with Crippen LogP contribution in [-0.4, -0.2) is 47.2 Å². The zero-order valence-electron chi connectivity index (χ0n) is 12.5. The lowest BCUT2D eigenvalue weighted by molar-refractivity contribution is -0.158. The lowest BCUT2D eigenvalue weighted by Crippen LogP contribution is -2.50. The van der Waals surface area contributed by atoms with Crippen LogP contribution in [0, 0.1) is 11.3 Å². The fourth-order valence-electron chi connectivity index (χ4n) is 2.33. The van der Waals surface area contributed by atoms with E-state index in [1.54, 1.807) is 11.8 Å². The van der Waals surface area contributed by atoms with Crippen LogP contribution in [0.25, 0.3) is 0 Å². The number of carboxylic acid groups (broad SMARTS) is 1. The Morgan fingerprint density at radius 3 is 2.16 bits per heavy atom. The minimum atomic E-state index is -1.01. The van der Waals surface area contributed by atoms with Crippen LogP contribution in [0.1, 0.15) is 41.0 Å². The summed E-state index contributed by atoms with van der Waals surface area (Å²) in [6.07, 6.45) is 0.0464. The molecule has 1 rings (SSSR count). The molecule has 1 fully saturated rings. The molecule has 1 N–H and O–H groups in total. The van der Waals surface area contributed by atoms with E-state index in [0.29, 0.717) is 13.1 Å². The van der Waals surface area contributed by atoms with Gasteiger partial charge in [0.2, 0.25) is 5.91 Å². The van der Waals surface area contributed by atoms with Gasteiger partial charge in [0.1, 0.15) is 0 Å². The van der Waals surface area contributed by atoms with E-state index in [1.165, 1.54) is 0 Å². The van der Waals surface area contributed by atoms with Crippen molar-refractivity contribution in [1.82, 2.24) is 4.90 Å². The summed E-state index contributed by atoms with van der Waals surface area (Å²) in [7, 11) is 0. The zero-order chi connectivity index (χ0) is 14.8. The summed E-state index contributed by atoms with van der Waals surface area (Å²) in [5, 5.41) is 9.36. The second-order valence-electron chi connectivity index (χ2n) is 6.11. The summed E-state index contributed by atoms with van der Waals surface area (Å²) in [6, 6.07) is 0. The summed E-state index contributed by atoms with van der Waals surface area (Å²) in [6.45, 7) is 10.3. The second-order valence-corrected chi connectivity index (χ2v) is 6.11. The topological polar surface area (TPSA) is 66.8 Å². The van der Waals surface area contributed by atoms with Gasteiger partial charge in [-0.25, -0.2) is 0 Å². The molecule has 19 heavy (non-hydrogen) atoms. The quantitative estimate of drug-likeness (QED) is 0.846. The SMILES string of the molecule is CC(C)C(C)(CC(=O)N1C[C@@H](C)O[C@@H](C)C1)C(=O)O. The number of carboxylic acids is 1. The van der Waals surface area contributed by atoms with E-state index in [1.807, 2.05) is 27.7 Å². The maximum Gasteiger partial charge on any atom is 0.310 e. The molecule has 0 aromatic carbocycles. The average molecular weight is 271 g/mol. The third-order valence-electron chi connectivity index (χ3n) is 4.05. The number of hydrogen-bond acceptors (Lipinski definition) is 3. The van der Waals surface area contributed by atoms with E-state index in [9.17, 15) is 14.7 Å². The Balaban J connectivity index is 2.75. The molecule has 1 aliphatic rings.